The molecule has 1 N–H and O–H groups in total. The van der Waals surface area contributed by atoms with E-state index < -0.39 is 11.0 Å². The molecule has 0 aliphatic carbocycles. The molecule has 0 aliphatic rings. The van der Waals surface area contributed by atoms with Gasteiger partial charge in [-0.1, -0.05) is 24.3 Å². The first kappa shape index (κ1) is 10.6. The zero-order chi connectivity index (χ0) is 11.7. The van der Waals surface area contributed by atoms with Gasteiger partial charge in [-0.25, -0.2) is 0 Å². The summed E-state index contributed by atoms with van der Waals surface area (Å²) in [5.74, 6) is 0. The molecule has 2 aromatic carbocycles. The zero-order valence-corrected chi connectivity index (χ0v) is 8.75. The molecule has 4 heteroatoms. The molecule has 82 valence electrons. The maximum Gasteiger partial charge on any atom is 0.275 e. The molecule has 0 saturated carbocycles. The van der Waals surface area contributed by atoms with Crippen LogP contribution >= 0.6 is 0 Å². The number of aliphatic hydroxyl groups is 1. The van der Waals surface area contributed by atoms with Crippen molar-refractivity contribution in [2.75, 3.05) is 0 Å². The summed E-state index contributed by atoms with van der Waals surface area (Å²) in [6.45, 7) is 1.52. The van der Waals surface area contributed by atoms with Gasteiger partial charge >= 0.3 is 0 Å². The zero-order valence-electron chi connectivity index (χ0n) is 8.75. The summed E-state index contributed by atoms with van der Waals surface area (Å²) < 4.78 is 0. The van der Waals surface area contributed by atoms with Gasteiger partial charge in [0.2, 0.25) is 0 Å². The lowest BCUT2D eigenvalue weighted by atomic mass is 10.0. The van der Waals surface area contributed by atoms with Gasteiger partial charge in [-0.3, -0.25) is 10.1 Å². The fourth-order valence-electron chi connectivity index (χ4n) is 1.74. The van der Waals surface area contributed by atoms with E-state index in [9.17, 15) is 15.2 Å². The van der Waals surface area contributed by atoms with Gasteiger partial charge in [0.15, 0.2) is 0 Å². The fraction of sp³-hybridized carbons (Fsp3) is 0.167. The van der Waals surface area contributed by atoms with Gasteiger partial charge in [0.05, 0.1) is 16.6 Å². The Bertz CT molecular complexity index is 549. The summed E-state index contributed by atoms with van der Waals surface area (Å²) >= 11 is 0. The molecule has 2 rings (SSSR count). The van der Waals surface area contributed by atoms with Crippen LogP contribution in [0, 0.1) is 10.1 Å². The van der Waals surface area contributed by atoms with E-state index in [-0.39, 0.29) is 5.69 Å². The summed E-state index contributed by atoms with van der Waals surface area (Å²) in [4.78, 5) is 10.4. The first-order chi connectivity index (χ1) is 7.59. The lowest BCUT2D eigenvalue weighted by Gasteiger charge is -2.07. The maximum atomic E-state index is 10.9. The molecule has 0 heterocycles. The molecule has 1 atom stereocenters. The highest BCUT2D eigenvalue weighted by molar-refractivity contribution is 5.86. The summed E-state index contributed by atoms with van der Waals surface area (Å²) in [6, 6.07) is 10.5. The van der Waals surface area contributed by atoms with Gasteiger partial charge in [0.25, 0.3) is 5.69 Å². The van der Waals surface area contributed by atoms with Crippen molar-refractivity contribution < 1.29 is 10.0 Å². The quantitative estimate of drug-likeness (QED) is 0.621. The van der Waals surface area contributed by atoms with Crippen LogP contribution in [0.15, 0.2) is 36.4 Å². The number of nitrogens with zero attached hydrogens (tertiary/aromatic N) is 1. The van der Waals surface area contributed by atoms with E-state index >= 15 is 0 Å². The van der Waals surface area contributed by atoms with Gasteiger partial charge in [0.1, 0.15) is 0 Å². The second kappa shape index (κ2) is 3.90. The highest BCUT2D eigenvalue weighted by Crippen LogP contribution is 2.29. The van der Waals surface area contributed by atoms with Crippen LogP contribution in [0.3, 0.4) is 0 Å². The van der Waals surface area contributed by atoms with Crippen molar-refractivity contribution >= 4 is 16.5 Å². The highest BCUT2D eigenvalue weighted by Gasteiger charge is 2.18. The third-order valence-corrected chi connectivity index (χ3v) is 2.54. The van der Waals surface area contributed by atoms with Gasteiger partial charge in [-0.05, 0) is 23.8 Å². The standard InChI is InChI=1S/C12H11NO3/c1-8(14)11-6-9-4-2-3-5-10(9)7-12(11)13(15)16/h2-8,14H,1H3. The topological polar surface area (TPSA) is 63.4 Å². The van der Waals surface area contributed by atoms with Crippen molar-refractivity contribution in [3.05, 3.63) is 52.1 Å². The van der Waals surface area contributed by atoms with Gasteiger partial charge in [0, 0.05) is 6.07 Å². The average Bonchev–Trinajstić information content (AvgIpc) is 2.27. The first-order valence-corrected chi connectivity index (χ1v) is 4.95. The highest BCUT2D eigenvalue weighted by atomic mass is 16.6. The number of benzene rings is 2. The minimum absolute atomic E-state index is 0.0336. The maximum absolute atomic E-state index is 10.9. The van der Waals surface area contributed by atoms with Crippen LogP contribution in [-0.2, 0) is 0 Å². The molecular formula is C12H11NO3. The normalized spacial score (nSPS) is 12.6. The van der Waals surface area contributed by atoms with E-state index in [1.807, 2.05) is 24.3 Å². The molecule has 2 aromatic rings. The molecule has 4 nitrogen and oxygen atoms in total. The Morgan fingerprint density at radius 3 is 2.31 bits per heavy atom. The molecule has 0 saturated heterocycles. The SMILES string of the molecule is CC(O)c1cc2ccccc2cc1[N+](=O)[O-]. The predicted molar refractivity (Wildman–Crippen MR) is 61.2 cm³/mol. The summed E-state index contributed by atoms with van der Waals surface area (Å²) in [5, 5.41) is 22.1. The molecule has 0 spiro atoms. The van der Waals surface area contributed by atoms with E-state index in [2.05, 4.69) is 0 Å². The Hall–Kier alpha value is -1.94. The molecule has 0 aliphatic heterocycles. The van der Waals surface area contributed by atoms with Crippen LogP contribution in [0.4, 0.5) is 5.69 Å². The Labute approximate surface area is 92.3 Å². The van der Waals surface area contributed by atoms with Crippen molar-refractivity contribution in [1.82, 2.24) is 0 Å². The third-order valence-electron chi connectivity index (χ3n) is 2.54. The Morgan fingerprint density at radius 1 is 1.25 bits per heavy atom. The van der Waals surface area contributed by atoms with E-state index in [1.54, 1.807) is 6.07 Å². The van der Waals surface area contributed by atoms with Gasteiger partial charge < -0.3 is 5.11 Å². The number of rotatable bonds is 2. The van der Waals surface area contributed by atoms with Crippen molar-refractivity contribution in [2.45, 2.75) is 13.0 Å². The third kappa shape index (κ3) is 1.75. The number of fused-ring (bicyclic) bond motifs is 1. The predicted octanol–water partition coefficient (Wildman–Crippen LogP) is 2.80. The van der Waals surface area contributed by atoms with E-state index in [1.165, 1.54) is 13.0 Å². The van der Waals surface area contributed by atoms with Gasteiger partial charge in [-0.15, -0.1) is 0 Å². The second-order valence-corrected chi connectivity index (χ2v) is 3.69. The first-order valence-electron chi connectivity index (χ1n) is 4.95. The van der Waals surface area contributed by atoms with Crippen molar-refractivity contribution in [3.63, 3.8) is 0 Å². The molecule has 0 fully saturated rings. The number of hydrogen-bond acceptors (Lipinski definition) is 3. The van der Waals surface area contributed by atoms with Crippen molar-refractivity contribution in [1.29, 1.82) is 0 Å². The van der Waals surface area contributed by atoms with E-state index in [0.29, 0.717) is 5.56 Å². The Kier molecular flexibility index (Phi) is 2.58. The average molecular weight is 217 g/mol. The van der Waals surface area contributed by atoms with Crippen LogP contribution in [0.5, 0.6) is 0 Å². The molecule has 16 heavy (non-hydrogen) atoms. The largest absolute Gasteiger partial charge is 0.388 e. The van der Waals surface area contributed by atoms with Gasteiger partial charge in [-0.2, -0.15) is 0 Å². The van der Waals surface area contributed by atoms with Crippen molar-refractivity contribution in [3.8, 4) is 0 Å². The van der Waals surface area contributed by atoms with Crippen LogP contribution in [0.2, 0.25) is 0 Å². The number of nitro groups is 1. The minimum atomic E-state index is -0.843. The molecular weight excluding hydrogens is 206 g/mol. The summed E-state index contributed by atoms with van der Waals surface area (Å²) in [5.41, 5.74) is 0.317. The Morgan fingerprint density at radius 2 is 1.81 bits per heavy atom. The summed E-state index contributed by atoms with van der Waals surface area (Å²) in [6.07, 6.45) is -0.843. The van der Waals surface area contributed by atoms with Crippen molar-refractivity contribution in [2.24, 2.45) is 0 Å². The van der Waals surface area contributed by atoms with E-state index in [4.69, 9.17) is 0 Å². The van der Waals surface area contributed by atoms with E-state index in [0.717, 1.165) is 10.8 Å². The Balaban J connectivity index is 2.76. The second-order valence-electron chi connectivity index (χ2n) is 3.69. The van der Waals surface area contributed by atoms with Crippen LogP contribution < -0.4 is 0 Å². The number of hydrogen-bond donors (Lipinski definition) is 1. The molecule has 0 bridgehead atoms. The molecule has 0 aromatic heterocycles. The lowest BCUT2D eigenvalue weighted by Crippen LogP contribution is -1.99. The monoisotopic (exact) mass is 217 g/mol. The smallest absolute Gasteiger partial charge is 0.275 e. The fourth-order valence-corrected chi connectivity index (χ4v) is 1.74. The molecule has 0 amide bonds. The number of nitro benzene ring substituents is 1. The van der Waals surface area contributed by atoms with Crippen LogP contribution in [0.1, 0.15) is 18.6 Å². The number of aliphatic hydroxyl groups excluding tert-OH is 1. The summed E-state index contributed by atoms with van der Waals surface area (Å²) in [7, 11) is 0. The van der Waals surface area contributed by atoms with Crippen LogP contribution in [-0.4, -0.2) is 10.0 Å². The van der Waals surface area contributed by atoms with Crippen LogP contribution in [0.25, 0.3) is 10.8 Å². The lowest BCUT2D eigenvalue weighted by molar-refractivity contribution is -0.386. The molecule has 1 unspecified atom stereocenters. The minimum Gasteiger partial charge on any atom is -0.388 e. The molecule has 0 radical (unpaired) electrons.